The molecule has 2 heterocycles. The summed E-state index contributed by atoms with van der Waals surface area (Å²) in [5.74, 6) is -0.0828. The van der Waals surface area contributed by atoms with Crippen LogP contribution in [0, 0.1) is 12.3 Å². The molecule has 4 rings (SSSR count). The Kier molecular flexibility index (Phi) is 7.49. The lowest BCUT2D eigenvalue weighted by molar-refractivity contribution is -0.142. The molecule has 2 aliphatic heterocycles. The maximum Gasteiger partial charge on any atom is 0.261 e. The molecule has 0 aromatic heterocycles. The first kappa shape index (κ1) is 28.2. The van der Waals surface area contributed by atoms with Crippen molar-refractivity contribution in [3.63, 3.8) is 0 Å². The van der Waals surface area contributed by atoms with Crippen LogP contribution in [0.25, 0.3) is 6.08 Å². The van der Waals surface area contributed by atoms with Gasteiger partial charge in [-0.25, -0.2) is 0 Å². The van der Waals surface area contributed by atoms with Gasteiger partial charge in [-0.05, 0) is 25.5 Å². The van der Waals surface area contributed by atoms with Crippen molar-refractivity contribution in [1.29, 1.82) is 0 Å². The van der Waals surface area contributed by atoms with Crippen molar-refractivity contribution in [3.8, 4) is 17.2 Å². The number of rotatable bonds is 8. The summed E-state index contributed by atoms with van der Waals surface area (Å²) < 4.78 is 23.4. The molecule has 0 radical (unpaired) electrons. The first-order valence-corrected chi connectivity index (χ1v) is 12.8. The number of hydrogen-bond acceptors (Lipinski definition) is 7. The summed E-state index contributed by atoms with van der Waals surface area (Å²) in [4.78, 5) is 42.3. The van der Waals surface area contributed by atoms with Gasteiger partial charge in [0, 0.05) is 22.1 Å². The van der Waals surface area contributed by atoms with Gasteiger partial charge in [-0.1, -0.05) is 51.1 Å². The van der Waals surface area contributed by atoms with Gasteiger partial charge in [0.15, 0.2) is 17.0 Å². The summed E-state index contributed by atoms with van der Waals surface area (Å²) in [6.45, 7) is 8.81. The van der Waals surface area contributed by atoms with Crippen molar-refractivity contribution < 1.29 is 33.3 Å². The number of benzene rings is 2. The second-order valence-corrected chi connectivity index (χ2v) is 10.9. The van der Waals surface area contributed by atoms with E-state index in [0.29, 0.717) is 40.5 Å². The molecule has 0 aliphatic carbocycles. The Labute approximate surface area is 229 Å². The number of methoxy groups -OCH3 is 3. The maximum atomic E-state index is 14.1. The number of ether oxygens (including phenoxy) is 4. The van der Waals surface area contributed by atoms with Crippen molar-refractivity contribution in [2.45, 2.75) is 52.8 Å². The fraction of sp³-hybridized carbons (Fsp3) is 0.433. The Balaban J connectivity index is 1.87. The number of nitrogens with one attached hydrogen (secondary N) is 1. The van der Waals surface area contributed by atoms with E-state index in [9.17, 15) is 14.4 Å². The van der Waals surface area contributed by atoms with Crippen LogP contribution in [-0.2, 0) is 25.7 Å². The van der Waals surface area contributed by atoms with Gasteiger partial charge in [0.05, 0.1) is 46.3 Å². The highest BCUT2D eigenvalue weighted by molar-refractivity contribution is 6.27. The molecule has 2 aromatic rings. The van der Waals surface area contributed by atoms with E-state index in [-0.39, 0.29) is 12.3 Å². The normalized spacial score (nSPS) is 20.3. The van der Waals surface area contributed by atoms with E-state index in [2.05, 4.69) is 5.32 Å². The molecule has 2 atom stereocenters. The molecule has 0 saturated carbocycles. The summed E-state index contributed by atoms with van der Waals surface area (Å²) in [6, 6.07) is 8.89. The van der Waals surface area contributed by atoms with Crippen LogP contribution < -0.4 is 19.5 Å². The highest BCUT2D eigenvalue weighted by Crippen LogP contribution is 2.53. The zero-order valence-electron chi connectivity index (χ0n) is 23.8. The molecule has 2 aromatic carbocycles. The van der Waals surface area contributed by atoms with Gasteiger partial charge in [0.25, 0.3) is 5.91 Å². The van der Waals surface area contributed by atoms with Crippen LogP contribution >= 0.6 is 0 Å². The van der Waals surface area contributed by atoms with Gasteiger partial charge in [-0.3, -0.25) is 19.3 Å². The second kappa shape index (κ2) is 10.4. The average molecular weight is 537 g/mol. The molecule has 9 heteroatoms. The Morgan fingerprint density at radius 2 is 1.62 bits per heavy atom. The predicted molar refractivity (Wildman–Crippen MR) is 146 cm³/mol. The Morgan fingerprint density at radius 3 is 2.18 bits per heavy atom. The third kappa shape index (κ3) is 4.65. The van der Waals surface area contributed by atoms with E-state index >= 15 is 0 Å². The number of nitrogens with zero attached hydrogens (tertiary/aromatic N) is 1. The molecule has 0 unspecified atom stereocenters. The molecule has 2 aliphatic rings. The topological polar surface area (TPSA) is 103 Å². The fourth-order valence-electron chi connectivity index (χ4n) is 5.10. The van der Waals surface area contributed by atoms with Crippen molar-refractivity contribution in [1.82, 2.24) is 10.2 Å². The third-order valence-corrected chi connectivity index (χ3v) is 7.23. The van der Waals surface area contributed by atoms with Gasteiger partial charge >= 0.3 is 0 Å². The smallest absolute Gasteiger partial charge is 0.261 e. The zero-order valence-corrected chi connectivity index (χ0v) is 23.8. The molecular weight excluding hydrogens is 500 g/mol. The van der Waals surface area contributed by atoms with Gasteiger partial charge in [0.2, 0.25) is 11.7 Å². The molecule has 0 bridgehead atoms. The van der Waals surface area contributed by atoms with Crippen molar-refractivity contribution >= 4 is 23.7 Å². The SMILES string of the molecule is COc1c(C)c(OC)c(OC)c2c1C=C1C(=O)[C@@](C)(NC(=O)C(C)(C)C)C(=O)N1[C@H]2COCc1ccccc1. The lowest BCUT2D eigenvalue weighted by Gasteiger charge is -2.36. The Hall–Kier alpha value is -3.85. The van der Waals surface area contributed by atoms with Crippen LogP contribution in [0.4, 0.5) is 0 Å². The third-order valence-electron chi connectivity index (χ3n) is 7.23. The minimum Gasteiger partial charge on any atom is -0.496 e. The van der Waals surface area contributed by atoms with Crippen LogP contribution in [0.5, 0.6) is 17.2 Å². The Bertz CT molecular complexity index is 1340. The van der Waals surface area contributed by atoms with Crippen LogP contribution in [0.15, 0.2) is 36.0 Å². The maximum absolute atomic E-state index is 14.1. The van der Waals surface area contributed by atoms with Gasteiger partial charge < -0.3 is 24.3 Å². The lowest BCUT2D eigenvalue weighted by Crippen LogP contribution is -2.58. The number of carbonyl (C=O) groups excluding carboxylic acids is 3. The number of fused-ring (bicyclic) bond motifs is 2. The lowest BCUT2D eigenvalue weighted by atomic mass is 9.89. The van der Waals surface area contributed by atoms with Gasteiger partial charge in [0.1, 0.15) is 5.75 Å². The number of carbonyl (C=O) groups is 3. The van der Waals surface area contributed by atoms with E-state index in [4.69, 9.17) is 18.9 Å². The first-order valence-electron chi connectivity index (χ1n) is 12.8. The quantitative estimate of drug-likeness (QED) is 0.510. The minimum absolute atomic E-state index is 0.0489. The van der Waals surface area contributed by atoms with Crippen molar-refractivity contribution in [2.75, 3.05) is 27.9 Å². The second-order valence-electron chi connectivity index (χ2n) is 10.9. The van der Waals surface area contributed by atoms with Gasteiger partial charge in [-0.15, -0.1) is 0 Å². The molecule has 1 fully saturated rings. The van der Waals surface area contributed by atoms with Crippen LogP contribution in [0.3, 0.4) is 0 Å². The van der Waals surface area contributed by atoms with Crippen LogP contribution in [0.1, 0.15) is 56.0 Å². The molecular formula is C30H36N2O7. The highest BCUT2D eigenvalue weighted by atomic mass is 16.5. The molecule has 39 heavy (non-hydrogen) atoms. The predicted octanol–water partition coefficient (Wildman–Crippen LogP) is 3.97. The summed E-state index contributed by atoms with van der Waals surface area (Å²) in [6.07, 6.45) is 1.63. The van der Waals surface area contributed by atoms with Crippen LogP contribution in [0.2, 0.25) is 0 Å². The molecule has 2 amide bonds. The van der Waals surface area contributed by atoms with Crippen molar-refractivity contribution in [3.05, 3.63) is 58.3 Å². The summed E-state index contributed by atoms with van der Waals surface area (Å²) >= 11 is 0. The van der Waals surface area contributed by atoms with E-state index in [1.165, 1.54) is 33.2 Å². The van der Waals surface area contributed by atoms with Crippen LogP contribution in [-0.4, -0.2) is 56.0 Å². The van der Waals surface area contributed by atoms with E-state index < -0.39 is 34.6 Å². The summed E-state index contributed by atoms with van der Waals surface area (Å²) in [5.41, 5.74) is 0.407. The highest BCUT2D eigenvalue weighted by Gasteiger charge is 2.59. The molecule has 208 valence electrons. The number of Topliss-reactive ketones (excluding diaryl/α,β-unsaturated/α-hetero) is 1. The minimum atomic E-state index is -1.78. The molecule has 1 saturated heterocycles. The van der Waals surface area contributed by atoms with E-state index in [0.717, 1.165) is 5.56 Å². The standard InChI is InChI=1S/C30H36N2O7/c1-17-23(36-6)19-14-20-26(33)30(5,31-27(34)29(2,3)4)28(35)32(20)21(22(19)25(38-8)24(17)37-7)16-39-15-18-12-10-9-11-13-18/h9-14,21H,15-16H2,1-8H3,(H,31,34)/t21-,30+/m0/s1. The summed E-state index contributed by atoms with van der Waals surface area (Å²) in [7, 11) is 4.59. The molecule has 9 nitrogen and oxygen atoms in total. The van der Waals surface area contributed by atoms with E-state index in [1.807, 2.05) is 37.3 Å². The number of hydrogen-bond donors (Lipinski definition) is 1. The first-order chi connectivity index (χ1) is 18.4. The molecule has 1 N–H and O–H groups in total. The number of amides is 2. The summed E-state index contributed by atoms with van der Waals surface area (Å²) in [5, 5.41) is 2.72. The Morgan fingerprint density at radius 1 is 1.00 bits per heavy atom. The monoisotopic (exact) mass is 536 g/mol. The zero-order chi connectivity index (χ0) is 28.7. The number of ketones is 1. The van der Waals surface area contributed by atoms with E-state index in [1.54, 1.807) is 26.8 Å². The van der Waals surface area contributed by atoms with Crippen molar-refractivity contribution in [2.24, 2.45) is 5.41 Å². The van der Waals surface area contributed by atoms with Gasteiger partial charge in [-0.2, -0.15) is 0 Å². The molecule has 0 spiro atoms. The fourth-order valence-corrected chi connectivity index (χ4v) is 5.10. The largest absolute Gasteiger partial charge is 0.496 e. The average Bonchev–Trinajstić information content (AvgIpc) is 3.08.